The van der Waals surface area contributed by atoms with Crippen molar-refractivity contribution in [3.05, 3.63) is 101 Å². The fourth-order valence-corrected chi connectivity index (χ4v) is 7.40. The Morgan fingerprint density at radius 1 is 0.882 bits per heavy atom. The van der Waals surface area contributed by atoms with Crippen LogP contribution in [0.2, 0.25) is 0 Å². The fraction of sp³-hybridized carbons (Fsp3) is 0.372. The molecule has 4 heterocycles. The predicted molar refractivity (Wildman–Crippen MR) is 209 cm³/mol. The van der Waals surface area contributed by atoms with Gasteiger partial charge in [0.05, 0.1) is 0 Å². The summed E-state index contributed by atoms with van der Waals surface area (Å²) in [6.07, 6.45) is 3.48. The van der Waals surface area contributed by atoms with Crippen LogP contribution in [0.5, 0.6) is 0 Å². The van der Waals surface area contributed by atoms with Gasteiger partial charge in [0, 0.05) is 76.7 Å². The number of para-hydroxylation sites is 1. The third-order valence-electron chi connectivity index (χ3n) is 9.34. The average Bonchev–Trinajstić information content (AvgIpc) is 3.82. The minimum absolute atomic E-state index is 0.00391. The lowest BCUT2D eigenvalue weighted by atomic mass is 9.88. The van der Waals surface area contributed by atoms with Gasteiger partial charge in [0.1, 0.15) is 17.1 Å². The first-order valence-corrected chi connectivity index (χ1v) is 18.2. The van der Waals surface area contributed by atoms with E-state index < -0.39 is 0 Å². The molecule has 7 rings (SSSR count). The summed E-state index contributed by atoms with van der Waals surface area (Å²) in [6, 6.07) is 19.4. The van der Waals surface area contributed by atoms with E-state index in [0.29, 0.717) is 43.1 Å². The van der Waals surface area contributed by atoms with Crippen LogP contribution in [-0.2, 0) is 11.2 Å². The number of anilines is 1. The Morgan fingerprint density at radius 2 is 1.61 bits per heavy atom. The maximum atomic E-state index is 13.7. The molecule has 51 heavy (non-hydrogen) atoms. The second-order valence-electron chi connectivity index (χ2n) is 16.5. The molecule has 3 aromatic heterocycles. The number of carbonyl (C=O) groups excluding carboxylic acids is 3. The first-order chi connectivity index (χ1) is 24.0. The first kappa shape index (κ1) is 36.2. The van der Waals surface area contributed by atoms with Gasteiger partial charge in [-0.15, -0.1) is 11.6 Å². The molecule has 1 amide bonds. The molecule has 266 valence electrons. The Hall–Kier alpha value is -4.62. The summed E-state index contributed by atoms with van der Waals surface area (Å²) in [6.45, 7) is 17.1. The van der Waals surface area contributed by atoms with E-state index in [1.165, 1.54) is 10.9 Å². The van der Waals surface area contributed by atoms with Crippen molar-refractivity contribution >= 4 is 67.5 Å². The molecule has 0 saturated heterocycles. The Morgan fingerprint density at radius 3 is 2.29 bits per heavy atom. The van der Waals surface area contributed by atoms with Crippen LogP contribution in [0.25, 0.3) is 32.8 Å². The SMILES string of the molecule is CC(C)(C)CC(=O)c1cc2ccccc2o1.Cc1cc2c(c3c(C)c[nH]c13)C(CCl)CN2C(=O)c1cc2cc(CC(=O)CC(C)(C)C)ccc2[nH]1. The normalized spacial score (nSPS) is 14.6. The zero-order valence-corrected chi connectivity index (χ0v) is 31.7. The number of halogens is 1. The lowest BCUT2D eigenvalue weighted by molar-refractivity contribution is -0.120. The third-order valence-corrected chi connectivity index (χ3v) is 9.71. The Bertz CT molecular complexity index is 2240. The number of ketones is 2. The second-order valence-corrected chi connectivity index (χ2v) is 16.8. The largest absolute Gasteiger partial charge is 0.453 e. The molecule has 3 aromatic carbocycles. The Labute approximate surface area is 304 Å². The van der Waals surface area contributed by atoms with E-state index in [1.807, 2.05) is 86.5 Å². The molecule has 0 spiro atoms. The molecule has 0 saturated carbocycles. The summed E-state index contributed by atoms with van der Waals surface area (Å²) in [5.74, 6) is 1.24. The van der Waals surface area contributed by atoms with Crippen LogP contribution in [0.1, 0.15) is 104 Å². The number of nitrogens with one attached hydrogen (secondary N) is 2. The van der Waals surface area contributed by atoms with Crippen LogP contribution < -0.4 is 4.90 Å². The van der Waals surface area contributed by atoms with Gasteiger partial charge in [-0.05, 0) is 83.3 Å². The number of furan rings is 1. The highest BCUT2D eigenvalue weighted by Gasteiger charge is 2.36. The number of fused-ring (bicyclic) bond motifs is 5. The zero-order valence-electron chi connectivity index (χ0n) is 30.9. The molecule has 1 aliphatic heterocycles. The Balaban J connectivity index is 0.000000234. The van der Waals surface area contributed by atoms with Crippen LogP contribution in [0.3, 0.4) is 0 Å². The lowest BCUT2D eigenvalue weighted by Gasteiger charge is -2.17. The van der Waals surface area contributed by atoms with Gasteiger partial charge in [-0.1, -0.05) is 65.8 Å². The molecule has 0 radical (unpaired) electrons. The zero-order chi connectivity index (χ0) is 36.8. The van der Waals surface area contributed by atoms with Crippen molar-refractivity contribution < 1.29 is 18.8 Å². The van der Waals surface area contributed by atoms with Crippen molar-refractivity contribution in [1.29, 1.82) is 0 Å². The maximum Gasteiger partial charge on any atom is 0.274 e. The number of aromatic amines is 2. The van der Waals surface area contributed by atoms with Crippen molar-refractivity contribution in [2.75, 3.05) is 17.3 Å². The molecule has 1 aliphatic rings. The molecule has 1 unspecified atom stereocenters. The monoisotopic (exact) mass is 705 g/mol. The van der Waals surface area contributed by atoms with Crippen molar-refractivity contribution in [2.24, 2.45) is 10.8 Å². The van der Waals surface area contributed by atoms with E-state index in [2.05, 4.69) is 50.7 Å². The smallest absolute Gasteiger partial charge is 0.274 e. The quantitative estimate of drug-likeness (QED) is 0.128. The Kier molecular flexibility index (Phi) is 9.81. The number of aromatic nitrogens is 2. The number of rotatable bonds is 7. The molecule has 1 atom stereocenters. The summed E-state index contributed by atoms with van der Waals surface area (Å²) in [4.78, 5) is 46.7. The molecule has 6 aromatic rings. The third kappa shape index (κ3) is 7.84. The molecule has 0 aliphatic carbocycles. The number of Topliss-reactive ketones (excluding diaryl/α,β-unsaturated/α-hetero) is 2. The van der Waals surface area contributed by atoms with Gasteiger partial charge in [0.2, 0.25) is 0 Å². The van der Waals surface area contributed by atoms with E-state index in [9.17, 15) is 14.4 Å². The topological polar surface area (TPSA) is 99.2 Å². The molecule has 7 nitrogen and oxygen atoms in total. The van der Waals surface area contributed by atoms with Gasteiger partial charge >= 0.3 is 0 Å². The van der Waals surface area contributed by atoms with Gasteiger partial charge < -0.3 is 19.3 Å². The van der Waals surface area contributed by atoms with Crippen molar-refractivity contribution in [2.45, 2.75) is 80.6 Å². The highest BCUT2D eigenvalue weighted by Crippen LogP contribution is 2.44. The van der Waals surface area contributed by atoms with Crippen LogP contribution >= 0.6 is 11.6 Å². The van der Waals surface area contributed by atoms with Crippen molar-refractivity contribution in [3.8, 4) is 0 Å². The van der Waals surface area contributed by atoms with Gasteiger partial charge in [-0.25, -0.2) is 0 Å². The number of aryl methyl sites for hydroxylation is 2. The standard InChI is InChI=1S/C29H32ClN3O2.C14H16O2/c1-16-8-24-26(25-17(2)14-31-27(16)25)20(13-30)15-33(24)28(35)23-11-19-9-18(6-7-22(19)32-23)10-21(34)12-29(3,4)5;1-14(2,3)9-11(15)13-8-10-6-4-5-7-12(10)16-13/h6-9,11,14,20,31-32H,10,12-13,15H2,1-5H3;4-8H,9H2,1-3H3. The molecular formula is C43H48ClN3O4. The lowest BCUT2D eigenvalue weighted by Crippen LogP contribution is -2.30. The highest BCUT2D eigenvalue weighted by molar-refractivity contribution is 6.19. The van der Waals surface area contributed by atoms with Gasteiger partial charge in [-0.3, -0.25) is 14.4 Å². The maximum absolute atomic E-state index is 13.7. The van der Waals surface area contributed by atoms with Crippen molar-refractivity contribution in [3.63, 3.8) is 0 Å². The van der Waals surface area contributed by atoms with Gasteiger partial charge in [0.15, 0.2) is 11.5 Å². The number of amides is 1. The van der Waals surface area contributed by atoms with Gasteiger partial charge in [0.25, 0.3) is 5.91 Å². The van der Waals surface area contributed by atoms with Crippen LogP contribution in [-0.4, -0.2) is 39.9 Å². The van der Waals surface area contributed by atoms with Crippen molar-refractivity contribution in [1.82, 2.24) is 9.97 Å². The average molecular weight is 706 g/mol. The van der Waals surface area contributed by atoms with E-state index in [0.717, 1.165) is 49.8 Å². The number of carbonyl (C=O) groups is 3. The highest BCUT2D eigenvalue weighted by atomic mass is 35.5. The molecule has 0 bridgehead atoms. The molecular weight excluding hydrogens is 658 g/mol. The summed E-state index contributed by atoms with van der Waals surface area (Å²) >= 11 is 6.39. The van der Waals surface area contributed by atoms with Crippen LogP contribution in [0, 0.1) is 24.7 Å². The van der Waals surface area contributed by atoms with Gasteiger partial charge in [-0.2, -0.15) is 0 Å². The van der Waals surface area contributed by atoms with E-state index in [4.69, 9.17) is 16.0 Å². The fourth-order valence-electron chi connectivity index (χ4n) is 7.15. The number of alkyl halides is 1. The number of hydrogen-bond acceptors (Lipinski definition) is 4. The van der Waals surface area contributed by atoms with Crippen LogP contribution in [0.4, 0.5) is 5.69 Å². The number of nitrogens with zero attached hydrogens (tertiary/aromatic N) is 1. The van der Waals surface area contributed by atoms with E-state index in [-0.39, 0.29) is 34.2 Å². The number of benzene rings is 3. The molecule has 8 heteroatoms. The molecule has 2 N–H and O–H groups in total. The van der Waals surface area contributed by atoms with E-state index >= 15 is 0 Å². The molecule has 0 fully saturated rings. The van der Waals surface area contributed by atoms with E-state index in [1.54, 1.807) is 0 Å². The minimum atomic E-state index is -0.0626. The second kappa shape index (κ2) is 13.8. The summed E-state index contributed by atoms with van der Waals surface area (Å²) < 4.78 is 5.53. The summed E-state index contributed by atoms with van der Waals surface area (Å²) in [5.41, 5.74) is 8.66. The van der Waals surface area contributed by atoms with Crippen LogP contribution in [0.15, 0.2) is 71.3 Å². The first-order valence-electron chi connectivity index (χ1n) is 17.7. The number of H-pyrrole nitrogens is 2. The summed E-state index contributed by atoms with van der Waals surface area (Å²) in [7, 11) is 0. The predicted octanol–water partition coefficient (Wildman–Crippen LogP) is 10.8. The number of hydrogen-bond donors (Lipinski definition) is 2. The minimum Gasteiger partial charge on any atom is -0.453 e. The summed E-state index contributed by atoms with van der Waals surface area (Å²) in [5, 5.41) is 3.11.